The summed E-state index contributed by atoms with van der Waals surface area (Å²) in [6, 6.07) is 5.35. The molecule has 1 aromatic heterocycles. The van der Waals surface area contributed by atoms with Crippen LogP contribution in [0.15, 0.2) is 36.7 Å². The predicted octanol–water partition coefficient (Wildman–Crippen LogP) is -0.546. The number of rotatable bonds is 7. The molecule has 1 aromatic carbocycles. The van der Waals surface area contributed by atoms with Gasteiger partial charge in [-0.1, -0.05) is 0 Å². The average molecular weight is 471 g/mol. The molecule has 0 radical (unpaired) electrons. The first-order chi connectivity index (χ1) is 16.5. The largest absolute Gasteiger partial charge is 0.508 e. The third-order valence-corrected chi connectivity index (χ3v) is 5.96. The van der Waals surface area contributed by atoms with E-state index in [0.29, 0.717) is 51.9 Å². The zero-order valence-corrected chi connectivity index (χ0v) is 19.0. The number of hydrogen-bond donors (Lipinski definition) is 3. The van der Waals surface area contributed by atoms with Crippen LogP contribution in [0, 0.1) is 0 Å². The molecule has 3 heterocycles. The van der Waals surface area contributed by atoms with Gasteiger partial charge < -0.3 is 30.1 Å². The van der Waals surface area contributed by atoms with Gasteiger partial charge in [0.1, 0.15) is 11.8 Å². The van der Waals surface area contributed by atoms with Crippen molar-refractivity contribution < 1.29 is 24.5 Å². The van der Waals surface area contributed by atoms with Gasteiger partial charge in [-0.2, -0.15) is 0 Å². The van der Waals surface area contributed by atoms with Gasteiger partial charge in [-0.25, -0.2) is 9.97 Å². The first-order valence-electron chi connectivity index (χ1n) is 11.4. The third-order valence-electron chi connectivity index (χ3n) is 5.96. The Bertz CT molecular complexity index is 977. The van der Waals surface area contributed by atoms with Gasteiger partial charge in [-0.05, 0) is 29.8 Å². The van der Waals surface area contributed by atoms with E-state index in [2.05, 4.69) is 20.2 Å². The smallest absolute Gasteiger partial charge is 0.252 e. The highest BCUT2D eigenvalue weighted by atomic mass is 16.5. The molecule has 2 aliphatic rings. The SMILES string of the molecule is O=C(NC(CO)C(=O)N1CCN(c2ncccn2)CC1)c1cc(O)cc(CN2CCOCC2)c1. The van der Waals surface area contributed by atoms with Crippen LogP contribution in [0.3, 0.4) is 0 Å². The number of amides is 2. The fourth-order valence-electron chi connectivity index (χ4n) is 4.14. The van der Waals surface area contributed by atoms with E-state index < -0.39 is 18.6 Å². The van der Waals surface area contributed by atoms with E-state index in [4.69, 9.17) is 4.74 Å². The van der Waals surface area contributed by atoms with Gasteiger partial charge in [0, 0.05) is 63.8 Å². The summed E-state index contributed by atoms with van der Waals surface area (Å²) in [5, 5.41) is 22.6. The number of phenols is 1. The Kier molecular flexibility index (Phi) is 7.88. The number of nitrogens with one attached hydrogen (secondary N) is 1. The van der Waals surface area contributed by atoms with Crippen LogP contribution in [0.5, 0.6) is 5.75 Å². The van der Waals surface area contributed by atoms with Gasteiger partial charge in [-0.3, -0.25) is 14.5 Å². The van der Waals surface area contributed by atoms with E-state index in [0.717, 1.165) is 18.7 Å². The Morgan fingerprint density at radius 1 is 1.03 bits per heavy atom. The van der Waals surface area contributed by atoms with Crippen molar-refractivity contribution in [1.29, 1.82) is 0 Å². The van der Waals surface area contributed by atoms with Crippen LogP contribution in [0.2, 0.25) is 0 Å². The lowest BCUT2D eigenvalue weighted by molar-refractivity contribution is -0.134. The number of morpholine rings is 1. The minimum absolute atomic E-state index is 0.0259. The number of phenolic OH excluding ortho intramolecular Hbond substituents is 1. The number of aliphatic hydroxyl groups excluding tert-OH is 1. The molecule has 2 fully saturated rings. The Hall–Kier alpha value is -3.28. The van der Waals surface area contributed by atoms with Gasteiger partial charge in [0.25, 0.3) is 5.91 Å². The average Bonchev–Trinajstić information content (AvgIpc) is 2.87. The lowest BCUT2D eigenvalue weighted by Gasteiger charge is -2.36. The zero-order chi connectivity index (χ0) is 23.9. The summed E-state index contributed by atoms with van der Waals surface area (Å²) in [6.45, 7) is 4.89. The Labute approximate surface area is 198 Å². The van der Waals surface area contributed by atoms with E-state index in [1.54, 1.807) is 35.5 Å². The number of carbonyl (C=O) groups excluding carboxylic acids is 2. The number of benzene rings is 1. The number of carbonyl (C=O) groups is 2. The van der Waals surface area contributed by atoms with Gasteiger partial charge in [0.05, 0.1) is 19.8 Å². The Morgan fingerprint density at radius 3 is 2.41 bits per heavy atom. The minimum atomic E-state index is -1.07. The number of piperazine rings is 1. The first kappa shape index (κ1) is 23.9. The molecule has 0 bridgehead atoms. The zero-order valence-electron chi connectivity index (χ0n) is 19.0. The molecule has 3 N–H and O–H groups in total. The fraction of sp³-hybridized carbons (Fsp3) is 0.478. The molecule has 4 rings (SSSR count). The normalized spacial score (nSPS) is 17.9. The lowest BCUT2D eigenvalue weighted by atomic mass is 10.1. The van der Waals surface area contributed by atoms with Gasteiger partial charge in [0.2, 0.25) is 11.9 Å². The van der Waals surface area contributed by atoms with Crippen molar-refractivity contribution in [3.8, 4) is 5.75 Å². The molecule has 0 aliphatic carbocycles. The molecule has 2 aromatic rings. The molecule has 11 heteroatoms. The van der Waals surface area contributed by atoms with Crippen LogP contribution < -0.4 is 10.2 Å². The van der Waals surface area contributed by atoms with Gasteiger partial charge >= 0.3 is 0 Å². The van der Waals surface area contributed by atoms with Crippen molar-refractivity contribution in [1.82, 2.24) is 25.1 Å². The fourth-order valence-corrected chi connectivity index (χ4v) is 4.14. The molecule has 11 nitrogen and oxygen atoms in total. The quantitative estimate of drug-likeness (QED) is 0.488. The van der Waals surface area contributed by atoms with Crippen LogP contribution in [0.1, 0.15) is 15.9 Å². The first-order valence-corrected chi connectivity index (χ1v) is 11.4. The minimum Gasteiger partial charge on any atom is -0.508 e. The number of aromatic nitrogens is 2. The van der Waals surface area contributed by atoms with Crippen molar-refractivity contribution in [3.05, 3.63) is 47.8 Å². The molecular formula is C23H30N6O5. The van der Waals surface area contributed by atoms with Crippen molar-refractivity contribution in [2.75, 3.05) is 64.0 Å². The Balaban J connectivity index is 1.35. The maximum Gasteiger partial charge on any atom is 0.252 e. The van der Waals surface area contributed by atoms with E-state index >= 15 is 0 Å². The summed E-state index contributed by atoms with van der Waals surface area (Å²) >= 11 is 0. The summed E-state index contributed by atoms with van der Waals surface area (Å²) in [5.74, 6) is -0.290. The summed E-state index contributed by atoms with van der Waals surface area (Å²) in [6.07, 6.45) is 3.34. The Morgan fingerprint density at radius 2 is 1.74 bits per heavy atom. The van der Waals surface area contributed by atoms with Crippen molar-refractivity contribution >= 4 is 17.8 Å². The van der Waals surface area contributed by atoms with Crippen LogP contribution in [-0.4, -0.2) is 107 Å². The second kappa shape index (κ2) is 11.2. The second-order valence-corrected chi connectivity index (χ2v) is 8.35. The summed E-state index contributed by atoms with van der Waals surface area (Å²) in [5.41, 5.74) is 1.03. The molecule has 182 valence electrons. The molecule has 34 heavy (non-hydrogen) atoms. The summed E-state index contributed by atoms with van der Waals surface area (Å²) in [7, 11) is 0. The van der Waals surface area contributed by atoms with Crippen molar-refractivity contribution in [2.24, 2.45) is 0 Å². The van der Waals surface area contributed by atoms with E-state index in [9.17, 15) is 19.8 Å². The van der Waals surface area contributed by atoms with Crippen molar-refractivity contribution in [2.45, 2.75) is 12.6 Å². The maximum atomic E-state index is 13.0. The van der Waals surface area contributed by atoms with E-state index in [1.165, 1.54) is 6.07 Å². The third kappa shape index (κ3) is 5.99. The number of aliphatic hydroxyl groups is 1. The molecular weight excluding hydrogens is 440 g/mol. The van der Waals surface area contributed by atoms with Crippen LogP contribution in [0.4, 0.5) is 5.95 Å². The molecule has 2 aliphatic heterocycles. The van der Waals surface area contributed by atoms with Crippen LogP contribution >= 0.6 is 0 Å². The maximum absolute atomic E-state index is 13.0. The highest BCUT2D eigenvalue weighted by Crippen LogP contribution is 2.18. The highest BCUT2D eigenvalue weighted by molar-refractivity contribution is 5.98. The van der Waals surface area contributed by atoms with Gasteiger partial charge in [0.15, 0.2) is 0 Å². The molecule has 1 atom stereocenters. The summed E-state index contributed by atoms with van der Waals surface area (Å²) in [4.78, 5) is 40.1. The molecule has 2 amide bonds. The van der Waals surface area contributed by atoms with E-state index in [-0.39, 0.29) is 17.2 Å². The van der Waals surface area contributed by atoms with Crippen molar-refractivity contribution in [3.63, 3.8) is 0 Å². The molecule has 1 unspecified atom stereocenters. The standard InChI is InChI=1S/C23H30N6O5/c30-16-20(22(33)28-4-6-29(7-5-28)23-24-2-1-3-25-23)26-21(32)18-12-17(13-19(31)14-18)15-27-8-10-34-11-9-27/h1-3,12-14,20,30-31H,4-11,15-16H2,(H,26,32). The summed E-state index contributed by atoms with van der Waals surface area (Å²) < 4.78 is 5.36. The monoisotopic (exact) mass is 470 g/mol. The topological polar surface area (TPSA) is 131 Å². The number of hydrogen-bond acceptors (Lipinski definition) is 9. The number of ether oxygens (including phenoxy) is 1. The molecule has 2 saturated heterocycles. The number of anilines is 1. The lowest BCUT2D eigenvalue weighted by Crippen LogP contribution is -2.56. The number of nitrogens with zero attached hydrogens (tertiary/aromatic N) is 5. The van der Waals surface area contributed by atoms with Gasteiger partial charge in [-0.15, -0.1) is 0 Å². The van der Waals surface area contributed by atoms with Crippen LogP contribution in [0.25, 0.3) is 0 Å². The molecule has 0 saturated carbocycles. The number of aromatic hydroxyl groups is 1. The molecule has 0 spiro atoms. The highest BCUT2D eigenvalue weighted by Gasteiger charge is 2.29. The second-order valence-electron chi connectivity index (χ2n) is 8.35. The van der Waals surface area contributed by atoms with Crippen LogP contribution in [-0.2, 0) is 16.1 Å². The van der Waals surface area contributed by atoms with E-state index in [1.807, 2.05) is 4.90 Å². The predicted molar refractivity (Wildman–Crippen MR) is 123 cm³/mol.